The van der Waals surface area contributed by atoms with Gasteiger partial charge in [-0.3, -0.25) is 4.79 Å². The van der Waals surface area contributed by atoms with Crippen molar-refractivity contribution in [3.05, 3.63) is 55.6 Å². The minimum Gasteiger partial charge on any atom is -0.493 e. The Bertz CT molecular complexity index is 1100. The number of methoxy groups -OCH3 is 1. The molecule has 1 N–H and O–H groups in total. The molecule has 3 rings (SSSR count). The van der Waals surface area contributed by atoms with Gasteiger partial charge in [-0.15, -0.1) is 0 Å². The van der Waals surface area contributed by atoms with Gasteiger partial charge in [-0.1, -0.05) is 27.5 Å². The molecule has 1 heterocycles. The molecule has 0 saturated carbocycles. The van der Waals surface area contributed by atoms with Gasteiger partial charge in [-0.05, 0) is 65.7 Å². The summed E-state index contributed by atoms with van der Waals surface area (Å²) in [5.74, 6) is 0.613. The quantitative estimate of drug-likeness (QED) is 0.298. The molecule has 3 aromatic rings. The molecule has 0 spiro atoms. The number of benzene rings is 2. The van der Waals surface area contributed by atoms with Crippen LogP contribution in [0.1, 0.15) is 30.0 Å². The topological polar surface area (TPSA) is 73.1 Å². The van der Waals surface area contributed by atoms with Crippen LogP contribution >= 0.6 is 43.5 Å². The summed E-state index contributed by atoms with van der Waals surface area (Å²) in [4.78, 5) is 12.3. The summed E-state index contributed by atoms with van der Waals surface area (Å²) in [5.41, 5.74) is 3.66. The maximum atomic E-state index is 12.3. The number of fused-ring (bicyclic) bond motifs is 1. The number of carbonyl (C=O) groups is 1. The average Bonchev–Trinajstić information content (AvgIpc) is 3.07. The zero-order valence-corrected chi connectivity index (χ0v) is 19.7. The fourth-order valence-corrected chi connectivity index (χ4v) is 4.18. The molecule has 0 saturated heterocycles. The van der Waals surface area contributed by atoms with Gasteiger partial charge in [0.15, 0.2) is 17.3 Å². The number of rotatable bonds is 6. The van der Waals surface area contributed by atoms with E-state index in [1.54, 1.807) is 18.2 Å². The van der Waals surface area contributed by atoms with Crippen molar-refractivity contribution < 1.29 is 18.7 Å². The number of carbonyl (C=O) groups excluding carboxylic acids is 1. The third-order valence-electron chi connectivity index (χ3n) is 3.74. The summed E-state index contributed by atoms with van der Waals surface area (Å²) in [5, 5.41) is 5.15. The first-order chi connectivity index (χ1) is 13.8. The van der Waals surface area contributed by atoms with Crippen LogP contribution in [0.5, 0.6) is 11.5 Å². The highest BCUT2D eigenvalue weighted by Gasteiger charge is 2.15. The van der Waals surface area contributed by atoms with Gasteiger partial charge < -0.3 is 13.9 Å². The van der Waals surface area contributed by atoms with Crippen molar-refractivity contribution in [2.45, 2.75) is 20.0 Å². The van der Waals surface area contributed by atoms with Gasteiger partial charge in [-0.25, -0.2) is 5.43 Å². The van der Waals surface area contributed by atoms with Crippen LogP contribution in [0.4, 0.5) is 0 Å². The highest BCUT2D eigenvalue weighted by molar-refractivity contribution is 9.11. The summed E-state index contributed by atoms with van der Waals surface area (Å²) in [7, 11) is 1.53. The van der Waals surface area contributed by atoms with Crippen molar-refractivity contribution in [2.75, 3.05) is 7.11 Å². The molecule has 1 amide bonds. The van der Waals surface area contributed by atoms with Crippen molar-refractivity contribution in [1.29, 1.82) is 0 Å². The average molecular weight is 545 g/mol. The highest BCUT2D eigenvalue weighted by atomic mass is 79.9. The largest absolute Gasteiger partial charge is 0.493 e. The molecule has 6 nitrogen and oxygen atoms in total. The number of nitrogens with zero attached hydrogens (tertiary/aromatic N) is 1. The van der Waals surface area contributed by atoms with Gasteiger partial charge in [0.2, 0.25) is 0 Å². The summed E-state index contributed by atoms with van der Waals surface area (Å²) in [6.45, 7) is 3.80. The van der Waals surface area contributed by atoms with Gasteiger partial charge in [0.05, 0.1) is 28.9 Å². The number of halogens is 3. The number of nitrogens with one attached hydrogen (secondary N) is 1. The fraction of sp³-hybridized carbons (Fsp3) is 0.200. The maximum absolute atomic E-state index is 12.3. The number of hydrogen-bond donors (Lipinski definition) is 1. The van der Waals surface area contributed by atoms with Crippen molar-refractivity contribution in [1.82, 2.24) is 5.43 Å². The van der Waals surface area contributed by atoms with E-state index in [9.17, 15) is 4.79 Å². The predicted octanol–water partition coefficient (Wildman–Crippen LogP) is 6.17. The Morgan fingerprint density at radius 1 is 1.24 bits per heavy atom. The lowest BCUT2D eigenvalue weighted by atomic mass is 10.2. The standard InChI is InChI=1S/C20H17Br2ClN2O4/c1-10(2)28-19-15(23)4-11(5-16(19)27-3)9-24-25-20(26)17-7-12-6-13(21)8-14(22)18(12)29-17/h4-10H,1-3H3,(H,25,26)/b24-9-. The van der Waals surface area contributed by atoms with E-state index in [2.05, 4.69) is 42.4 Å². The molecule has 9 heteroatoms. The van der Waals surface area contributed by atoms with Crippen LogP contribution in [0.25, 0.3) is 11.0 Å². The van der Waals surface area contributed by atoms with Crippen LogP contribution in [0, 0.1) is 0 Å². The second-order valence-corrected chi connectivity index (χ2v) is 8.49. The Hall–Kier alpha value is -2.03. The second-order valence-electron chi connectivity index (χ2n) is 6.32. The van der Waals surface area contributed by atoms with E-state index in [0.717, 1.165) is 14.3 Å². The Kier molecular flexibility index (Phi) is 6.87. The summed E-state index contributed by atoms with van der Waals surface area (Å²) in [6, 6.07) is 8.74. The number of furan rings is 1. The molecule has 2 aromatic carbocycles. The molecule has 0 radical (unpaired) electrons. The van der Waals surface area contributed by atoms with E-state index in [-0.39, 0.29) is 11.9 Å². The lowest BCUT2D eigenvalue weighted by molar-refractivity contribution is 0.0929. The van der Waals surface area contributed by atoms with Gasteiger partial charge >= 0.3 is 5.91 Å². The highest BCUT2D eigenvalue weighted by Crippen LogP contribution is 2.36. The van der Waals surface area contributed by atoms with Gasteiger partial charge in [0.25, 0.3) is 0 Å². The molecular formula is C20H17Br2ClN2O4. The van der Waals surface area contributed by atoms with Gasteiger partial charge in [0.1, 0.15) is 5.58 Å². The van der Waals surface area contributed by atoms with Gasteiger partial charge in [-0.2, -0.15) is 5.10 Å². The molecule has 0 aliphatic heterocycles. The third kappa shape index (κ3) is 5.12. The summed E-state index contributed by atoms with van der Waals surface area (Å²) < 4.78 is 18.2. The van der Waals surface area contributed by atoms with E-state index >= 15 is 0 Å². The summed E-state index contributed by atoms with van der Waals surface area (Å²) in [6.07, 6.45) is 1.41. The van der Waals surface area contributed by atoms with E-state index in [0.29, 0.717) is 27.7 Å². The van der Waals surface area contributed by atoms with Crippen molar-refractivity contribution in [3.8, 4) is 11.5 Å². The summed E-state index contributed by atoms with van der Waals surface area (Å²) >= 11 is 13.1. The molecule has 0 atom stereocenters. The van der Waals surface area contributed by atoms with Crippen molar-refractivity contribution in [2.24, 2.45) is 5.10 Å². The smallest absolute Gasteiger partial charge is 0.307 e. The van der Waals surface area contributed by atoms with E-state index in [1.807, 2.05) is 26.0 Å². The molecular weight excluding hydrogens is 527 g/mol. The first-order valence-corrected chi connectivity index (χ1v) is 10.5. The minimum absolute atomic E-state index is 0.0512. The first-order valence-electron chi connectivity index (χ1n) is 8.54. The number of amides is 1. The van der Waals surface area contributed by atoms with Gasteiger partial charge in [0, 0.05) is 9.86 Å². The second kappa shape index (κ2) is 9.19. The fourth-order valence-electron chi connectivity index (χ4n) is 2.57. The molecule has 1 aromatic heterocycles. The molecule has 152 valence electrons. The maximum Gasteiger partial charge on any atom is 0.307 e. The lowest BCUT2D eigenvalue weighted by Gasteiger charge is -2.15. The van der Waals surface area contributed by atoms with Crippen LogP contribution in [0.2, 0.25) is 5.02 Å². The number of ether oxygens (including phenoxy) is 2. The first kappa shape index (κ1) is 21.7. The van der Waals surface area contributed by atoms with Crippen LogP contribution in [-0.2, 0) is 0 Å². The minimum atomic E-state index is -0.474. The van der Waals surface area contributed by atoms with Crippen LogP contribution in [0.3, 0.4) is 0 Å². The predicted molar refractivity (Wildman–Crippen MR) is 120 cm³/mol. The normalized spacial score (nSPS) is 11.4. The molecule has 0 bridgehead atoms. The van der Waals surface area contributed by atoms with Crippen LogP contribution < -0.4 is 14.9 Å². The number of hydrogen-bond acceptors (Lipinski definition) is 5. The molecule has 0 aliphatic rings. The van der Waals surface area contributed by atoms with E-state index in [1.165, 1.54) is 13.3 Å². The van der Waals surface area contributed by atoms with Crippen molar-refractivity contribution >= 4 is 66.6 Å². The van der Waals surface area contributed by atoms with Crippen LogP contribution in [-0.4, -0.2) is 25.3 Å². The Morgan fingerprint density at radius 3 is 2.69 bits per heavy atom. The third-order valence-corrected chi connectivity index (χ3v) is 5.07. The molecule has 0 unspecified atom stereocenters. The van der Waals surface area contributed by atoms with Crippen molar-refractivity contribution in [3.63, 3.8) is 0 Å². The molecule has 0 aliphatic carbocycles. The Morgan fingerprint density at radius 2 is 2.00 bits per heavy atom. The van der Waals surface area contributed by atoms with E-state index in [4.69, 9.17) is 25.5 Å². The zero-order valence-electron chi connectivity index (χ0n) is 15.8. The Balaban J connectivity index is 1.76. The zero-order chi connectivity index (χ0) is 21.1. The molecule has 0 fully saturated rings. The lowest BCUT2D eigenvalue weighted by Crippen LogP contribution is -2.16. The molecule has 29 heavy (non-hydrogen) atoms. The Labute approximate surface area is 189 Å². The van der Waals surface area contributed by atoms with Crippen LogP contribution in [0.15, 0.2) is 48.8 Å². The monoisotopic (exact) mass is 542 g/mol. The SMILES string of the molecule is COc1cc(/C=N\NC(=O)c2cc3cc(Br)cc(Br)c3o2)cc(Cl)c1OC(C)C. The van der Waals surface area contributed by atoms with E-state index < -0.39 is 5.91 Å². The number of hydrazone groups is 1.